The number of fused-ring (bicyclic) bond motifs is 1. The first kappa shape index (κ1) is 18.3. The molecule has 2 atom stereocenters. The summed E-state index contributed by atoms with van der Waals surface area (Å²) in [6.45, 7) is 1.44. The summed E-state index contributed by atoms with van der Waals surface area (Å²) in [5.41, 5.74) is 0.715. The van der Waals surface area contributed by atoms with E-state index in [1.54, 1.807) is 6.20 Å². The number of nitrogens with zero attached hydrogens (tertiary/aromatic N) is 4. The first-order valence-corrected chi connectivity index (χ1v) is 8.40. The van der Waals surface area contributed by atoms with Crippen LogP contribution in [-0.4, -0.2) is 64.8 Å². The van der Waals surface area contributed by atoms with Gasteiger partial charge in [-0.2, -0.15) is 13.2 Å². The summed E-state index contributed by atoms with van der Waals surface area (Å²) in [5.74, 6) is 0.873. The molecule has 2 aromatic heterocycles. The molecule has 0 saturated carbocycles. The Hall–Kier alpha value is -2.52. The van der Waals surface area contributed by atoms with Crippen molar-refractivity contribution in [3.05, 3.63) is 18.6 Å². The summed E-state index contributed by atoms with van der Waals surface area (Å²) in [6, 6.07) is 1.15. The lowest BCUT2D eigenvalue weighted by Gasteiger charge is -2.29. The zero-order valence-electron chi connectivity index (χ0n) is 14.5. The Balaban J connectivity index is 1.75. The molecule has 1 saturated heterocycles. The second-order valence-electron chi connectivity index (χ2n) is 6.46. The zero-order chi connectivity index (χ0) is 18.9. The van der Waals surface area contributed by atoms with E-state index in [0.717, 1.165) is 17.6 Å². The van der Waals surface area contributed by atoms with Gasteiger partial charge in [-0.05, 0) is 18.4 Å². The van der Waals surface area contributed by atoms with E-state index < -0.39 is 18.8 Å². The monoisotopic (exact) mass is 370 g/mol. The molecule has 10 heteroatoms. The van der Waals surface area contributed by atoms with E-state index in [0.29, 0.717) is 18.7 Å². The van der Waals surface area contributed by atoms with Crippen molar-refractivity contribution in [2.24, 2.45) is 5.92 Å². The molecule has 2 N–H and O–H groups in total. The van der Waals surface area contributed by atoms with Gasteiger partial charge in [0.1, 0.15) is 24.3 Å². The van der Waals surface area contributed by atoms with Crippen molar-refractivity contribution in [1.29, 1.82) is 0 Å². The van der Waals surface area contributed by atoms with Gasteiger partial charge in [-0.1, -0.05) is 6.92 Å². The molecule has 0 aliphatic carbocycles. The van der Waals surface area contributed by atoms with Crippen molar-refractivity contribution < 1.29 is 18.0 Å². The number of alkyl halides is 3. The average Bonchev–Trinajstić information content (AvgIpc) is 3.24. The minimum absolute atomic E-state index is 0.0374. The third-order valence-corrected chi connectivity index (χ3v) is 4.82. The van der Waals surface area contributed by atoms with Gasteiger partial charge < -0.3 is 20.1 Å². The van der Waals surface area contributed by atoms with E-state index in [1.165, 1.54) is 11.2 Å². The van der Waals surface area contributed by atoms with E-state index in [4.69, 9.17) is 0 Å². The third-order valence-electron chi connectivity index (χ3n) is 4.82. The molecule has 1 fully saturated rings. The molecule has 0 radical (unpaired) electrons. The first-order chi connectivity index (χ1) is 12.3. The van der Waals surface area contributed by atoms with Gasteiger partial charge in [-0.3, -0.25) is 0 Å². The molecule has 0 aromatic carbocycles. The Bertz CT molecular complexity index is 777. The maximum atomic E-state index is 12.3. The van der Waals surface area contributed by atoms with Crippen molar-refractivity contribution in [1.82, 2.24) is 25.2 Å². The standard InChI is InChI=1S/C16H21F3N6O/c1-3-10-6-25(15(26)21-8-16(17,18)19)7-12(10)24(2)14-11-4-5-20-13(11)22-9-23-14/h4-5,9-10,12H,3,6-8H2,1-2H3,(H,21,26)(H,20,22,23). The van der Waals surface area contributed by atoms with Crippen LogP contribution in [0.5, 0.6) is 0 Å². The second-order valence-corrected chi connectivity index (χ2v) is 6.46. The fourth-order valence-electron chi connectivity index (χ4n) is 3.44. The summed E-state index contributed by atoms with van der Waals surface area (Å²) < 4.78 is 37.0. The number of carbonyl (C=O) groups is 1. The number of halogens is 3. The highest BCUT2D eigenvalue weighted by molar-refractivity contribution is 5.87. The number of likely N-dealkylation sites (N-methyl/N-ethyl adjacent to an activating group) is 1. The van der Waals surface area contributed by atoms with Crippen LogP contribution in [0, 0.1) is 5.92 Å². The number of urea groups is 1. The number of likely N-dealkylation sites (tertiary alicyclic amines) is 1. The molecule has 3 rings (SSSR count). The van der Waals surface area contributed by atoms with Gasteiger partial charge in [-0.25, -0.2) is 14.8 Å². The van der Waals surface area contributed by atoms with Crippen LogP contribution in [0.4, 0.5) is 23.8 Å². The minimum atomic E-state index is -4.42. The molecule has 0 bridgehead atoms. The Morgan fingerprint density at radius 1 is 1.42 bits per heavy atom. The molecule has 3 heterocycles. The predicted octanol–water partition coefficient (Wildman–Crippen LogP) is 2.38. The van der Waals surface area contributed by atoms with Gasteiger partial charge in [0.25, 0.3) is 0 Å². The topological polar surface area (TPSA) is 77.2 Å². The summed E-state index contributed by atoms with van der Waals surface area (Å²) in [7, 11) is 1.89. The van der Waals surface area contributed by atoms with Gasteiger partial charge >= 0.3 is 12.2 Å². The molecule has 2 amide bonds. The predicted molar refractivity (Wildman–Crippen MR) is 90.9 cm³/mol. The average molecular weight is 370 g/mol. The summed E-state index contributed by atoms with van der Waals surface area (Å²) in [5, 5.41) is 2.81. The van der Waals surface area contributed by atoms with Gasteiger partial charge in [0, 0.05) is 26.3 Å². The number of nitrogens with one attached hydrogen (secondary N) is 2. The smallest absolute Gasteiger partial charge is 0.354 e. The van der Waals surface area contributed by atoms with Gasteiger partial charge in [0.15, 0.2) is 0 Å². The highest BCUT2D eigenvalue weighted by Crippen LogP contribution is 2.30. The Morgan fingerprint density at radius 3 is 2.88 bits per heavy atom. The normalized spacial score (nSPS) is 20.6. The van der Waals surface area contributed by atoms with Crippen LogP contribution in [0.25, 0.3) is 11.0 Å². The number of aromatic nitrogens is 3. The van der Waals surface area contributed by atoms with Gasteiger partial charge in [0.05, 0.1) is 11.4 Å². The number of amides is 2. The van der Waals surface area contributed by atoms with Crippen LogP contribution in [0.3, 0.4) is 0 Å². The summed E-state index contributed by atoms with van der Waals surface area (Å²) in [4.78, 5) is 27.1. The number of anilines is 1. The highest BCUT2D eigenvalue weighted by Gasteiger charge is 2.38. The van der Waals surface area contributed by atoms with E-state index in [2.05, 4.69) is 15.0 Å². The van der Waals surface area contributed by atoms with Crippen molar-refractivity contribution >= 4 is 22.9 Å². The molecule has 1 aliphatic rings. The molecular formula is C16H21F3N6O. The molecule has 142 valence electrons. The SMILES string of the molecule is CCC1CN(C(=O)NCC(F)(F)F)CC1N(C)c1ncnc2[nH]ccc12. The van der Waals surface area contributed by atoms with Crippen molar-refractivity contribution in [2.45, 2.75) is 25.6 Å². The zero-order valence-corrected chi connectivity index (χ0v) is 14.5. The molecule has 2 unspecified atom stereocenters. The maximum Gasteiger partial charge on any atom is 0.405 e. The number of aromatic amines is 1. The molecule has 1 aliphatic heterocycles. The Labute approximate surface area is 148 Å². The van der Waals surface area contributed by atoms with Crippen molar-refractivity contribution in [2.75, 3.05) is 31.6 Å². The number of H-pyrrole nitrogens is 1. The van der Waals surface area contributed by atoms with Gasteiger partial charge in [-0.15, -0.1) is 0 Å². The highest BCUT2D eigenvalue weighted by atomic mass is 19.4. The first-order valence-electron chi connectivity index (χ1n) is 8.40. The number of rotatable bonds is 4. The molecular weight excluding hydrogens is 349 g/mol. The second kappa shape index (κ2) is 7.00. The Kier molecular flexibility index (Phi) is 4.92. The summed E-state index contributed by atoms with van der Waals surface area (Å²) >= 11 is 0. The van der Waals surface area contributed by atoms with E-state index >= 15 is 0 Å². The lowest BCUT2D eigenvalue weighted by atomic mass is 9.99. The van der Waals surface area contributed by atoms with Crippen molar-refractivity contribution in [3.8, 4) is 0 Å². The van der Waals surface area contributed by atoms with Crippen LogP contribution >= 0.6 is 0 Å². The van der Waals surface area contributed by atoms with Gasteiger partial charge in [0.2, 0.25) is 0 Å². The molecule has 26 heavy (non-hydrogen) atoms. The number of hydrogen-bond donors (Lipinski definition) is 2. The maximum absolute atomic E-state index is 12.3. The van der Waals surface area contributed by atoms with Crippen LogP contribution < -0.4 is 10.2 Å². The largest absolute Gasteiger partial charge is 0.405 e. The third kappa shape index (κ3) is 3.68. The van der Waals surface area contributed by atoms with Crippen LogP contribution in [0.2, 0.25) is 0 Å². The van der Waals surface area contributed by atoms with Crippen LogP contribution in [0.15, 0.2) is 18.6 Å². The van der Waals surface area contributed by atoms with E-state index in [9.17, 15) is 18.0 Å². The van der Waals surface area contributed by atoms with Crippen LogP contribution in [0.1, 0.15) is 13.3 Å². The minimum Gasteiger partial charge on any atom is -0.354 e. The molecule has 7 nitrogen and oxygen atoms in total. The van der Waals surface area contributed by atoms with Crippen molar-refractivity contribution in [3.63, 3.8) is 0 Å². The lowest BCUT2D eigenvalue weighted by Crippen LogP contribution is -2.44. The van der Waals surface area contributed by atoms with E-state index in [1.807, 2.05) is 30.3 Å². The van der Waals surface area contributed by atoms with E-state index in [-0.39, 0.29) is 12.0 Å². The molecule has 0 spiro atoms. The summed E-state index contributed by atoms with van der Waals surface area (Å²) in [6.07, 6.45) is -0.371. The lowest BCUT2D eigenvalue weighted by molar-refractivity contribution is -0.123. The number of carbonyl (C=O) groups excluding carboxylic acids is 1. The quantitative estimate of drug-likeness (QED) is 0.866. The fraction of sp³-hybridized carbons (Fsp3) is 0.562. The number of hydrogen-bond acceptors (Lipinski definition) is 4. The Morgan fingerprint density at radius 2 is 2.19 bits per heavy atom. The van der Waals surface area contributed by atoms with Crippen LogP contribution in [-0.2, 0) is 0 Å². The fourth-order valence-corrected chi connectivity index (χ4v) is 3.44. The molecule has 2 aromatic rings.